The quantitative estimate of drug-likeness (QED) is 0.230. The molecular weight excluding hydrogens is 453 g/mol. The molecule has 5 nitrogen and oxygen atoms in total. The van der Waals surface area contributed by atoms with E-state index in [1.165, 1.54) is 6.07 Å². The van der Waals surface area contributed by atoms with Gasteiger partial charge in [-0.25, -0.2) is 9.18 Å². The summed E-state index contributed by atoms with van der Waals surface area (Å²) in [7, 11) is 0. The Balaban J connectivity index is 1.38. The van der Waals surface area contributed by atoms with Gasteiger partial charge >= 0.3 is 5.97 Å². The Morgan fingerprint density at radius 3 is 2.77 bits per heavy atom. The van der Waals surface area contributed by atoms with E-state index in [4.69, 9.17) is 13.7 Å². The topological polar surface area (TPSA) is 65.5 Å². The zero-order chi connectivity index (χ0) is 20.7. The Morgan fingerprint density at radius 2 is 1.90 bits per heavy atom. The van der Waals surface area contributed by atoms with Gasteiger partial charge in [0.2, 0.25) is 5.76 Å². The van der Waals surface area contributed by atoms with Gasteiger partial charge < -0.3 is 13.7 Å². The lowest BCUT2D eigenvalue weighted by Crippen LogP contribution is -2.06. The van der Waals surface area contributed by atoms with Crippen LogP contribution in [0.4, 0.5) is 4.39 Å². The molecule has 2 heterocycles. The molecule has 0 fully saturated rings. The van der Waals surface area contributed by atoms with E-state index in [2.05, 4.69) is 21.1 Å². The molecule has 0 spiro atoms. The molecule has 0 aliphatic carbocycles. The van der Waals surface area contributed by atoms with Gasteiger partial charge in [0.1, 0.15) is 17.1 Å². The lowest BCUT2D eigenvalue weighted by molar-refractivity contribution is 0.0704. The maximum Gasteiger partial charge on any atom is 0.379 e. The predicted molar refractivity (Wildman–Crippen MR) is 112 cm³/mol. The lowest BCUT2D eigenvalue weighted by Gasteiger charge is -2.02. The van der Waals surface area contributed by atoms with E-state index < -0.39 is 5.97 Å². The van der Waals surface area contributed by atoms with Crippen LogP contribution in [0.3, 0.4) is 0 Å². The minimum Gasteiger partial charge on any atom is -0.449 e. The molecule has 0 aliphatic rings. The average Bonchev–Trinajstić information content (AvgIpc) is 3.33. The molecule has 0 saturated carbocycles. The molecule has 3 aromatic carbocycles. The summed E-state index contributed by atoms with van der Waals surface area (Å²) in [6, 6.07) is 18.6. The van der Waals surface area contributed by atoms with Crippen molar-refractivity contribution in [2.45, 2.75) is 6.42 Å². The van der Waals surface area contributed by atoms with E-state index in [9.17, 15) is 9.18 Å². The van der Waals surface area contributed by atoms with Crippen molar-refractivity contribution in [3.8, 4) is 5.75 Å². The number of hydrogen-bond acceptors (Lipinski definition) is 5. The lowest BCUT2D eigenvalue weighted by atomic mass is 10.1. The van der Waals surface area contributed by atoms with Gasteiger partial charge in [0, 0.05) is 27.7 Å². The fraction of sp³-hybridized carbons (Fsp3) is 0.0435. The van der Waals surface area contributed by atoms with Crippen molar-refractivity contribution in [3.05, 3.63) is 94.0 Å². The molecule has 30 heavy (non-hydrogen) atoms. The molecule has 7 heteroatoms. The van der Waals surface area contributed by atoms with Crippen LogP contribution in [-0.4, -0.2) is 11.1 Å². The molecule has 0 atom stereocenters. The van der Waals surface area contributed by atoms with Gasteiger partial charge in [0.15, 0.2) is 5.58 Å². The van der Waals surface area contributed by atoms with Gasteiger partial charge in [0.05, 0.1) is 5.69 Å². The Labute approximate surface area is 178 Å². The minimum atomic E-state index is -0.618. The normalized spacial score (nSPS) is 11.3. The third-order valence-electron chi connectivity index (χ3n) is 4.72. The maximum absolute atomic E-state index is 13.9. The number of carbonyl (C=O) groups excluding carboxylic acids is 1. The van der Waals surface area contributed by atoms with Crippen LogP contribution in [-0.2, 0) is 6.42 Å². The second-order valence-corrected chi connectivity index (χ2v) is 7.65. The summed E-state index contributed by atoms with van der Waals surface area (Å²) in [5.74, 6) is -0.520. The van der Waals surface area contributed by atoms with E-state index in [0.29, 0.717) is 34.6 Å². The minimum absolute atomic E-state index is 0.0982. The van der Waals surface area contributed by atoms with Crippen LogP contribution >= 0.6 is 15.9 Å². The van der Waals surface area contributed by atoms with Crippen molar-refractivity contribution < 1.29 is 22.9 Å². The van der Waals surface area contributed by atoms with E-state index in [1.54, 1.807) is 48.5 Å². The SMILES string of the molecule is O=C(Oc1ccc2c(Cc3ccccc3F)noc2c1)c1cc2cc(Br)ccc2o1. The Kier molecular flexibility index (Phi) is 4.59. The van der Waals surface area contributed by atoms with E-state index in [-0.39, 0.29) is 11.6 Å². The van der Waals surface area contributed by atoms with Crippen LogP contribution in [0.25, 0.3) is 21.9 Å². The summed E-state index contributed by atoms with van der Waals surface area (Å²) < 4.78 is 31.1. The highest BCUT2D eigenvalue weighted by Crippen LogP contribution is 2.28. The Morgan fingerprint density at radius 1 is 1.03 bits per heavy atom. The zero-order valence-corrected chi connectivity index (χ0v) is 17.0. The molecule has 0 aliphatic heterocycles. The largest absolute Gasteiger partial charge is 0.449 e. The first-order valence-electron chi connectivity index (χ1n) is 9.10. The number of carbonyl (C=O) groups is 1. The van der Waals surface area contributed by atoms with Crippen LogP contribution in [0.15, 0.2) is 80.1 Å². The first-order chi connectivity index (χ1) is 14.6. The third-order valence-corrected chi connectivity index (χ3v) is 5.22. The van der Waals surface area contributed by atoms with E-state index in [1.807, 2.05) is 12.1 Å². The number of aromatic nitrogens is 1. The second kappa shape index (κ2) is 7.42. The number of rotatable bonds is 4. The van der Waals surface area contributed by atoms with Crippen LogP contribution in [0.2, 0.25) is 0 Å². The molecule has 0 unspecified atom stereocenters. The molecule has 0 amide bonds. The standard InChI is InChI=1S/C23H13BrFNO4/c24-15-5-8-20-14(9-15)11-22(29-20)23(27)28-16-6-7-17-19(26-30-21(17)12-16)10-13-3-1-2-4-18(13)25/h1-9,11-12H,10H2. The first kappa shape index (κ1) is 18.6. The zero-order valence-electron chi connectivity index (χ0n) is 15.4. The molecular formula is C23H13BrFNO4. The Bertz CT molecular complexity index is 1410. The number of hydrogen-bond donors (Lipinski definition) is 0. The fourth-order valence-electron chi connectivity index (χ4n) is 3.26. The average molecular weight is 466 g/mol. The number of fused-ring (bicyclic) bond motifs is 2. The number of esters is 1. The van der Waals surface area contributed by atoms with Gasteiger partial charge in [-0.05, 0) is 48.0 Å². The number of ether oxygens (including phenoxy) is 1. The second-order valence-electron chi connectivity index (χ2n) is 6.74. The van der Waals surface area contributed by atoms with E-state index in [0.717, 1.165) is 15.2 Å². The molecule has 5 aromatic rings. The fourth-order valence-corrected chi connectivity index (χ4v) is 3.63. The van der Waals surface area contributed by atoms with Gasteiger partial charge in [-0.2, -0.15) is 0 Å². The predicted octanol–water partition coefficient (Wildman–Crippen LogP) is 6.29. The first-order valence-corrected chi connectivity index (χ1v) is 9.89. The van der Waals surface area contributed by atoms with Gasteiger partial charge in [-0.3, -0.25) is 0 Å². The maximum atomic E-state index is 13.9. The summed E-state index contributed by atoms with van der Waals surface area (Å²) in [6.45, 7) is 0. The molecule has 148 valence electrons. The summed E-state index contributed by atoms with van der Waals surface area (Å²) in [4.78, 5) is 12.5. The number of benzene rings is 3. The van der Waals surface area contributed by atoms with Crippen molar-refractivity contribution in [1.82, 2.24) is 5.16 Å². The van der Waals surface area contributed by atoms with Gasteiger partial charge in [-0.15, -0.1) is 0 Å². The molecule has 0 saturated heterocycles. The third kappa shape index (κ3) is 3.48. The van der Waals surface area contributed by atoms with Crippen molar-refractivity contribution in [1.29, 1.82) is 0 Å². The summed E-state index contributed by atoms with van der Waals surface area (Å²) >= 11 is 3.39. The summed E-state index contributed by atoms with van der Waals surface area (Å²) in [6.07, 6.45) is 0.299. The van der Waals surface area contributed by atoms with Crippen LogP contribution in [0, 0.1) is 5.82 Å². The molecule has 0 N–H and O–H groups in total. The van der Waals surface area contributed by atoms with Crippen LogP contribution < -0.4 is 4.74 Å². The molecule has 2 aromatic heterocycles. The molecule has 0 bridgehead atoms. The summed E-state index contributed by atoms with van der Waals surface area (Å²) in [5.41, 5.74) is 2.17. The van der Waals surface area contributed by atoms with Crippen LogP contribution in [0.5, 0.6) is 5.75 Å². The van der Waals surface area contributed by atoms with Crippen molar-refractivity contribution in [2.75, 3.05) is 0 Å². The van der Waals surface area contributed by atoms with Crippen LogP contribution in [0.1, 0.15) is 21.8 Å². The van der Waals surface area contributed by atoms with Crippen molar-refractivity contribution >= 4 is 43.8 Å². The van der Waals surface area contributed by atoms with E-state index >= 15 is 0 Å². The molecule has 0 radical (unpaired) electrons. The highest BCUT2D eigenvalue weighted by Gasteiger charge is 2.17. The monoisotopic (exact) mass is 465 g/mol. The van der Waals surface area contributed by atoms with Gasteiger partial charge in [0.25, 0.3) is 0 Å². The number of nitrogens with zero attached hydrogens (tertiary/aromatic N) is 1. The highest BCUT2D eigenvalue weighted by molar-refractivity contribution is 9.10. The number of furan rings is 1. The molecule has 5 rings (SSSR count). The van der Waals surface area contributed by atoms with Crippen molar-refractivity contribution in [2.24, 2.45) is 0 Å². The van der Waals surface area contributed by atoms with Crippen molar-refractivity contribution in [3.63, 3.8) is 0 Å². The highest BCUT2D eigenvalue weighted by atomic mass is 79.9. The summed E-state index contributed by atoms with van der Waals surface area (Å²) in [5, 5.41) is 5.56. The Hall–Kier alpha value is -3.45. The van der Waals surface area contributed by atoms with Gasteiger partial charge in [-0.1, -0.05) is 39.3 Å². The smallest absolute Gasteiger partial charge is 0.379 e. The number of halogens is 2.